The molecular weight excluding hydrogens is 204 g/mol. The van der Waals surface area contributed by atoms with Crippen molar-refractivity contribution in [3.8, 4) is 0 Å². The minimum absolute atomic E-state index is 0.161. The topological polar surface area (TPSA) is 89.3 Å². The highest BCUT2D eigenvalue weighted by molar-refractivity contribution is 7.92. The van der Waals surface area contributed by atoms with Crippen LogP contribution in [-0.2, 0) is 14.6 Å². The summed E-state index contributed by atoms with van der Waals surface area (Å²) in [5, 5.41) is 1.45. The molecule has 0 aliphatic carbocycles. The van der Waals surface area contributed by atoms with Crippen molar-refractivity contribution in [3.63, 3.8) is 0 Å². The second kappa shape index (κ2) is 5.31. The van der Waals surface area contributed by atoms with E-state index in [0.717, 1.165) is 0 Å². The van der Waals surface area contributed by atoms with Crippen molar-refractivity contribution in [2.45, 2.75) is 32.1 Å². The number of carbonyl (C=O) groups is 1. The monoisotopic (exact) mass is 222 g/mol. The number of carbonyl (C=O) groups excluding carboxylic acids is 1. The second-order valence-electron chi connectivity index (χ2n) is 3.34. The summed E-state index contributed by atoms with van der Waals surface area (Å²) in [5.74, 6) is -0.626. The molecule has 0 aliphatic rings. The molecule has 0 aromatic heterocycles. The number of amides is 1. The third-order valence-corrected chi connectivity index (χ3v) is 4.04. The fraction of sp³-hybridized carbons (Fsp3) is 0.875. The normalized spacial score (nSPS) is 16.0. The zero-order chi connectivity index (χ0) is 11.4. The van der Waals surface area contributed by atoms with E-state index in [4.69, 9.17) is 5.73 Å². The van der Waals surface area contributed by atoms with Gasteiger partial charge in [0.2, 0.25) is 5.91 Å². The molecule has 3 N–H and O–H groups in total. The van der Waals surface area contributed by atoms with Crippen LogP contribution in [0.2, 0.25) is 0 Å². The number of sulfone groups is 1. The second-order valence-corrected chi connectivity index (χ2v) is 5.71. The van der Waals surface area contributed by atoms with Crippen LogP contribution < -0.4 is 11.1 Å². The molecule has 0 spiro atoms. The van der Waals surface area contributed by atoms with Gasteiger partial charge in [-0.15, -0.1) is 0 Å². The van der Waals surface area contributed by atoms with Gasteiger partial charge < -0.3 is 11.1 Å². The predicted molar refractivity (Wildman–Crippen MR) is 55.6 cm³/mol. The van der Waals surface area contributed by atoms with Gasteiger partial charge in [-0.25, -0.2) is 8.42 Å². The molecule has 0 saturated carbocycles. The Kier molecular flexibility index (Phi) is 5.07. The van der Waals surface area contributed by atoms with Gasteiger partial charge >= 0.3 is 0 Å². The highest BCUT2D eigenvalue weighted by Gasteiger charge is 2.28. The SMILES string of the molecule is CCNC(=O)C(C)S(=O)(=O)CC(C)N. The summed E-state index contributed by atoms with van der Waals surface area (Å²) in [6.45, 7) is 5.14. The maximum Gasteiger partial charge on any atom is 0.238 e. The Hall–Kier alpha value is -0.620. The Balaban J connectivity index is 4.51. The van der Waals surface area contributed by atoms with Crippen molar-refractivity contribution < 1.29 is 13.2 Å². The van der Waals surface area contributed by atoms with E-state index in [1.807, 2.05) is 0 Å². The van der Waals surface area contributed by atoms with E-state index in [0.29, 0.717) is 6.54 Å². The van der Waals surface area contributed by atoms with Crippen LogP contribution in [-0.4, -0.2) is 37.9 Å². The number of nitrogens with one attached hydrogen (secondary N) is 1. The summed E-state index contributed by atoms with van der Waals surface area (Å²) in [7, 11) is -3.42. The highest BCUT2D eigenvalue weighted by Crippen LogP contribution is 2.03. The molecular formula is C8H18N2O3S. The smallest absolute Gasteiger partial charge is 0.238 e. The first-order chi connectivity index (χ1) is 6.31. The van der Waals surface area contributed by atoms with E-state index >= 15 is 0 Å². The first kappa shape index (κ1) is 13.4. The molecule has 0 radical (unpaired) electrons. The van der Waals surface area contributed by atoms with Gasteiger partial charge in [0, 0.05) is 12.6 Å². The van der Waals surface area contributed by atoms with Gasteiger partial charge in [0.15, 0.2) is 9.84 Å². The summed E-state index contributed by atoms with van der Waals surface area (Å²) in [4.78, 5) is 11.2. The first-order valence-electron chi connectivity index (χ1n) is 4.56. The van der Waals surface area contributed by atoms with Crippen LogP contribution in [0.5, 0.6) is 0 Å². The fourth-order valence-corrected chi connectivity index (χ4v) is 2.42. The average Bonchev–Trinajstić information content (AvgIpc) is 2.01. The van der Waals surface area contributed by atoms with Crippen LogP contribution in [0, 0.1) is 0 Å². The molecule has 84 valence electrons. The summed E-state index contributed by atoms with van der Waals surface area (Å²) in [6, 6.07) is -0.447. The van der Waals surface area contributed by atoms with Gasteiger partial charge in [-0.05, 0) is 20.8 Å². The quantitative estimate of drug-likeness (QED) is 0.642. The molecule has 0 saturated heterocycles. The van der Waals surface area contributed by atoms with E-state index in [2.05, 4.69) is 5.32 Å². The molecule has 1 amide bonds. The van der Waals surface area contributed by atoms with E-state index in [1.165, 1.54) is 6.92 Å². The van der Waals surface area contributed by atoms with Crippen molar-refractivity contribution in [2.75, 3.05) is 12.3 Å². The molecule has 0 aromatic carbocycles. The maximum atomic E-state index is 11.5. The molecule has 6 heteroatoms. The molecule has 14 heavy (non-hydrogen) atoms. The standard InChI is InChI=1S/C8H18N2O3S/c1-4-10-8(11)7(3)14(12,13)5-6(2)9/h6-7H,4-5,9H2,1-3H3,(H,10,11). The van der Waals surface area contributed by atoms with E-state index in [9.17, 15) is 13.2 Å². The van der Waals surface area contributed by atoms with Crippen LogP contribution >= 0.6 is 0 Å². The third kappa shape index (κ3) is 4.06. The molecule has 0 fully saturated rings. The highest BCUT2D eigenvalue weighted by atomic mass is 32.2. The summed E-state index contributed by atoms with van der Waals surface area (Å²) >= 11 is 0. The largest absolute Gasteiger partial charge is 0.355 e. The Morgan fingerprint density at radius 2 is 1.93 bits per heavy atom. The molecule has 2 unspecified atom stereocenters. The minimum atomic E-state index is -3.42. The Morgan fingerprint density at radius 3 is 2.29 bits per heavy atom. The van der Waals surface area contributed by atoms with Crippen LogP contribution in [0.15, 0.2) is 0 Å². The molecule has 0 heterocycles. The van der Waals surface area contributed by atoms with Gasteiger partial charge in [0.05, 0.1) is 5.75 Å². The van der Waals surface area contributed by atoms with Crippen molar-refractivity contribution in [1.29, 1.82) is 0 Å². The van der Waals surface area contributed by atoms with Gasteiger partial charge in [-0.3, -0.25) is 4.79 Å². The summed E-state index contributed by atoms with van der Waals surface area (Å²) < 4.78 is 23.0. The van der Waals surface area contributed by atoms with Gasteiger partial charge in [0.1, 0.15) is 5.25 Å². The maximum absolute atomic E-state index is 11.5. The van der Waals surface area contributed by atoms with E-state index < -0.39 is 27.0 Å². The van der Waals surface area contributed by atoms with Crippen molar-refractivity contribution in [3.05, 3.63) is 0 Å². The molecule has 0 rings (SSSR count). The summed E-state index contributed by atoms with van der Waals surface area (Å²) in [5.41, 5.74) is 5.38. The Labute approximate surface area is 85.0 Å². The van der Waals surface area contributed by atoms with Crippen LogP contribution in [0.3, 0.4) is 0 Å². The fourth-order valence-electron chi connectivity index (χ4n) is 0.992. The number of nitrogens with two attached hydrogens (primary N) is 1. The number of hydrogen-bond acceptors (Lipinski definition) is 4. The van der Waals surface area contributed by atoms with Crippen molar-refractivity contribution >= 4 is 15.7 Å². The lowest BCUT2D eigenvalue weighted by Crippen LogP contribution is -2.41. The van der Waals surface area contributed by atoms with Crippen molar-refractivity contribution in [2.24, 2.45) is 5.73 Å². The lowest BCUT2D eigenvalue weighted by molar-refractivity contribution is -0.120. The zero-order valence-corrected chi connectivity index (χ0v) is 9.60. The van der Waals surface area contributed by atoms with Crippen LogP contribution in [0.4, 0.5) is 0 Å². The Bertz CT molecular complexity index is 285. The molecule has 2 atom stereocenters. The predicted octanol–water partition coefficient (Wildman–Crippen LogP) is -0.727. The first-order valence-corrected chi connectivity index (χ1v) is 6.27. The lowest BCUT2D eigenvalue weighted by atomic mass is 10.4. The molecule has 5 nitrogen and oxygen atoms in total. The van der Waals surface area contributed by atoms with E-state index in [1.54, 1.807) is 13.8 Å². The minimum Gasteiger partial charge on any atom is -0.355 e. The zero-order valence-electron chi connectivity index (χ0n) is 8.78. The van der Waals surface area contributed by atoms with Crippen LogP contribution in [0.25, 0.3) is 0 Å². The molecule has 0 aromatic rings. The number of rotatable bonds is 5. The van der Waals surface area contributed by atoms with Gasteiger partial charge in [0.25, 0.3) is 0 Å². The van der Waals surface area contributed by atoms with Gasteiger partial charge in [-0.1, -0.05) is 0 Å². The van der Waals surface area contributed by atoms with E-state index in [-0.39, 0.29) is 5.75 Å². The summed E-state index contributed by atoms with van der Waals surface area (Å²) in [6.07, 6.45) is 0. The lowest BCUT2D eigenvalue weighted by Gasteiger charge is -2.13. The average molecular weight is 222 g/mol. The Morgan fingerprint density at radius 1 is 1.43 bits per heavy atom. The molecule has 0 aliphatic heterocycles. The van der Waals surface area contributed by atoms with Gasteiger partial charge in [-0.2, -0.15) is 0 Å². The number of hydrogen-bond donors (Lipinski definition) is 2. The van der Waals surface area contributed by atoms with Crippen LogP contribution in [0.1, 0.15) is 20.8 Å². The van der Waals surface area contributed by atoms with Crippen molar-refractivity contribution in [1.82, 2.24) is 5.32 Å². The molecule has 0 bridgehead atoms. The third-order valence-electron chi connectivity index (χ3n) is 1.75.